The first-order valence-electron chi connectivity index (χ1n) is 6.98. The molecule has 1 heterocycles. The molecular weight excluding hydrogens is 226 g/mol. The van der Waals surface area contributed by atoms with E-state index in [-0.39, 0.29) is 18.5 Å². The normalized spacial score (nSPS) is 24.1. The number of hydrogen-bond donors (Lipinski definition) is 0. The summed E-state index contributed by atoms with van der Waals surface area (Å²) >= 11 is 0. The van der Waals surface area contributed by atoms with Crippen LogP contribution in [0.4, 0.5) is 0 Å². The molecule has 2 rings (SSSR count). The third-order valence-electron chi connectivity index (χ3n) is 4.02. The van der Waals surface area contributed by atoms with Crippen LogP contribution in [0.3, 0.4) is 0 Å². The first-order valence-corrected chi connectivity index (χ1v) is 6.98. The maximum absolute atomic E-state index is 12.0. The number of ether oxygens (including phenoxy) is 1. The Kier molecular flexibility index (Phi) is 4.59. The minimum Gasteiger partial charge on any atom is -0.370 e. The van der Waals surface area contributed by atoms with Crippen LogP contribution in [-0.4, -0.2) is 23.1 Å². The molecule has 2 unspecified atom stereocenters. The smallest absolute Gasteiger partial charge is 0.204 e. The largest absolute Gasteiger partial charge is 0.370 e. The fourth-order valence-electron chi connectivity index (χ4n) is 2.87. The van der Waals surface area contributed by atoms with Crippen LogP contribution < -0.4 is 0 Å². The Morgan fingerprint density at radius 3 is 2.89 bits per heavy atom. The number of rotatable bonds is 5. The van der Waals surface area contributed by atoms with Gasteiger partial charge < -0.3 is 9.30 Å². The monoisotopic (exact) mass is 249 g/mol. The number of aryl methyl sites for hydroxylation is 1. The molecule has 0 amide bonds. The highest BCUT2D eigenvalue weighted by atomic mass is 16.5. The van der Waals surface area contributed by atoms with E-state index in [1.165, 1.54) is 19.3 Å². The molecule has 1 aliphatic carbocycles. The lowest BCUT2D eigenvalue weighted by atomic mass is 9.85. The molecule has 0 N–H and O–H groups in total. The molecule has 100 valence electrons. The lowest BCUT2D eigenvalue weighted by Gasteiger charge is -2.30. The predicted octanol–water partition coefficient (Wildman–Crippen LogP) is 3.19. The van der Waals surface area contributed by atoms with Crippen LogP contribution >= 0.6 is 0 Å². The fourth-order valence-corrected chi connectivity index (χ4v) is 2.87. The van der Waals surface area contributed by atoms with Gasteiger partial charge in [0, 0.05) is 13.2 Å². The summed E-state index contributed by atoms with van der Waals surface area (Å²) in [5, 5.41) is 0. The van der Waals surface area contributed by atoms with E-state index in [9.17, 15) is 4.79 Å². The molecule has 1 aromatic rings. The second-order valence-corrected chi connectivity index (χ2v) is 5.23. The predicted molar refractivity (Wildman–Crippen MR) is 71.7 cm³/mol. The quantitative estimate of drug-likeness (QED) is 0.750. The lowest BCUT2D eigenvalue weighted by molar-refractivity contribution is -0.00595. The molecule has 18 heavy (non-hydrogen) atoms. The highest BCUT2D eigenvalue weighted by Gasteiger charge is 2.25. The summed E-state index contributed by atoms with van der Waals surface area (Å²) in [6, 6.07) is 3.74. The minimum atomic E-state index is 0.0860. The molecule has 0 radical (unpaired) electrons. The summed E-state index contributed by atoms with van der Waals surface area (Å²) in [6.07, 6.45) is 8.24. The van der Waals surface area contributed by atoms with E-state index >= 15 is 0 Å². The molecule has 0 aromatic carbocycles. The Morgan fingerprint density at radius 2 is 2.22 bits per heavy atom. The zero-order chi connectivity index (χ0) is 13.0. The van der Waals surface area contributed by atoms with E-state index in [0.29, 0.717) is 5.92 Å². The molecular formula is C15H23NO2. The summed E-state index contributed by atoms with van der Waals surface area (Å²) < 4.78 is 7.72. The molecule has 2 atom stereocenters. The Bertz CT molecular complexity index is 397. The first-order chi connectivity index (χ1) is 8.72. The second-order valence-electron chi connectivity index (χ2n) is 5.23. The van der Waals surface area contributed by atoms with Gasteiger partial charge in [0.05, 0.1) is 11.8 Å². The van der Waals surface area contributed by atoms with Crippen LogP contribution in [0, 0.1) is 5.92 Å². The molecule has 3 nitrogen and oxygen atoms in total. The van der Waals surface area contributed by atoms with Gasteiger partial charge in [-0.1, -0.05) is 26.2 Å². The van der Waals surface area contributed by atoms with E-state index in [2.05, 4.69) is 6.92 Å². The van der Waals surface area contributed by atoms with Crippen LogP contribution in [0.25, 0.3) is 0 Å². The van der Waals surface area contributed by atoms with Crippen LogP contribution in [-0.2, 0) is 11.8 Å². The van der Waals surface area contributed by atoms with Gasteiger partial charge in [-0.2, -0.15) is 0 Å². The molecule has 0 spiro atoms. The van der Waals surface area contributed by atoms with E-state index in [1.807, 2.05) is 29.9 Å². The van der Waals surface area contributed by atoms with Crippen molar-refractivity contribution in [3.05, 3.63) is 24.0 Å². The van der Waals surface area contributed by atoms with E-state index in [4.69, 9.17) is 4.74 Å². The standard InChI is InChI=1S/C15H23NO2/c1-3-12-7-4-5-9-15(12)18-11-14(17)13-8-6-10-16(13)2/h6,8,10,12,15H,3-5,7,9,11H2,1-2H3. The van der Waals surface area contributed by atoms with E-state index in [1.54, 1.807) is 0 Å². The van der Waals surface area contributed by atoms with Crippen molar-refractivity contribution in [1.82, 2.24) is 4.57 Å². The number of nitrogens with zero attached hydrogens (tertiary/aromatic N) is 1. The van der Waals surface area contributed by atoms with Gasteiger partial charge in [0.1, 0.15) is 6.61 Å². The zero-order valence-corrected chi connectivity index (χ0v) is 11.4. The Balaban J connectivity index is 1.87. The van der Waals surface area contributed by atoms with Crippen molar-refractivity contribution in [3.63, 3.8) is 0 Å². The van der Waals surface area contributed by atoms with Crippen molar-refractivity contribution < 1.29 is 9.53 Å². The highest BCUT2D eigenvalue weighted by molar-refractivity contribution is 5.95. The van der Waals surface area contributed by atoms with E-state index in [0.717, 1.165) is 18.5 Å². The topological polar surface area (TPSA) is 31.2 Å². The van der Waals surface area contributed by atoms with Gasteiger partial charge >= 0.3 is 0 Å². The second kappa shape index (κ2) is 6.19. The average molecular weight is 249 g/mol. The third kappa shape index (κ3) is 3.02. The molecule has 1 fully saturated rings. The van der Waals surface area contributed by atoms with Crippen molar-refractivity contribution in [1.29, 1.82) is 0 Å². The van der Waals surface area contributed by atoms with Crippen molar-refractivity contribution in [2.75, 3.05) is 6.61 Å². The van der Waals surface area contributed by atoms with Crippen LogP contribution in [0.1, 0.15) is 49.5 Å². The third-order valence-corrected chi connectivity index (χ3v) is 4.02. The van der Waals surface area contributed by atoms with Crippen LogP contribution in [0.15, 0.2) is 18.3 Å². The number of Topliss-reactive ketones (excluding diaryl/α,β-unsaturated/α-hetero) is 1. The number of carbonyl (C=O) groups is 1. The summed E-state index contributed by atoms with van der Waals surface area (Å²) in [5.74, 6) is 0.725. The average Bonchev–Trinajstić information content (AvgIpc) is 2.82. The maximum Gasteiger partial charge on any atom is 0.204 e. The Hall–Kier alpha value is -1.09. The van der Waals surface area contributed by atoms with Gasteiger partial charge in [-0.05, 0) is 30.9 Å². The number of ketones is 1. The molecule has 3 heteroatoms. The number of hydrogen-bond acceptors (Lipinski definition) is 2. The maximum atomic E-state index is 12.0. The minimum absolute atomic E-state index is 0.0860. The summed E-state index contributed by atoms with van der Waals surface area (Å²) in [5.41, 5.74) is 0.735. The summed E-state index contributed by atoms with van der Waals surface area (Å²) in [6.45, 7) is 2.43. The van der Waals surface area contributed by atoms with Gasteiger partial charge in [-0.3, -0.25) is 4.79 Å². The SMILES string of the molecule is CCC1CCCCC1OCC(=O)c1cccn1C. The van der Waals surface area contributed by atoms with Gasteiger partial charge in [0.25, 0.3) is 0 Å². The Labute approximate surface area is 109 Å². The molecule has 1 aliphatic rings. The number of aromatic nitrogens is 1. The molecule has 0 aliphatic heterocycles. The van der Waals surface area contributed by atoms with E-state index < -0.39 is 0 Å². The molecule has 0 bridgehead atoms. The molecule has 0 saturated heterocycles. The van der Waals surface area contributed by atoms with Crippen molar-refractivity contribution in [3.8, 4) is 0 Å². The van der Waals surface area contributed by atoms with Crippen LogP contribution in [0.5, 0.6) is 0 Å². The van der Waals surface area contributed by atoms with Gasteiger partial charge in [-0.25, -0.2) is 0 Å². The van der Waals surface area contributed by atoms with Crippen molar-refractivity contribution in [2.24, 2.45) is 13.0 Å². The molecule has 1 saturated carbocycles. The van der Waals surface area contributed by atoms with Gasteiger partial charge in [0.15, 0.2) is 0 Å². The van der Waals surface area contributed by atoms with Gasteiger partial charge in [0.2, 0.25) is 5.78 Å². The summed E-state index contributed by atoms with van der Waals surface area (Å²) in [4.78, 5) is 12.0. The van der Waals surface area contributed by atoms with Crippen molar-refractivity contribution >= 4 is 5.78 Å². The fraction of sp³-hybridized carbons (Fsp3) is 0.667. The first kappa shape index (κ1) is 13.3. The Morgan fingerprint density at radius 1 is 1.44 bits per heavy atom. The zero-order valence-electron chi connectivity index (χ0n) is 11.4. The van der Waals surface area contributed by atoms with Crippen molar-refractivity contribution in [2.45, 2.75) is 45.1 Å². The van der Waals surface area contributed by atoms with Gasteiger partial charge in [-0.15, -0.1) is 0 Å². The van der Waals surface area contributed by atoms with Crippen LogP contribution in [0.2, 0.25) is 0 Å². The summed E-state index contributed by atoms with van der Waals surface area (Å²) in [7, 11) is 1.89. The lowest BCUT2D eigenvalue weighted by Crippen LogP contribution is -2.29. The molecule has 1 aromatic heterocycles. The highest BCUT2D eigenvalue weighted by Crippen LogP contribution is 2.29. The number of carbonyl (C=O) groups excluding carboxylic acids is 1.